The maximum atomic E-state index is 11.8. The second kappa shape index (κ2) is 5.60. The zero-order chi connectivity index (χ0) is 14.0. The number of hydrogen-bond donors (Lipinski definition) is 1. The molecule has 0 aliphatic carbocycles. The number of carbonyl (C=O) groups is 1. The Kier molecular flexibility index (Phi) is 4.08. The molecule has 2 aromatic rings. The molecule has 1 atom stereocenters. The molecule has 1 aromatic heterocycles. The number of H-pyrrole nitrogens is 1. The van der Waals surface area contributed by atoms with Crippen LogP contribution in [0.25, 0.3) is 0 Å². The number of imidazole rings is 1. The van der Waals surface area contributed by atoms with Gasteiger partial charge in [-0.3, -0.25) is 4.57 Å². The molecule has 0 fully saturated rings. The van der Waals surface area contributed by atoms with Gasteiger partial charge in [0.1, 0.15) is 5.69 Å². The molecule has 0 aliphatic rings. The summed E-state index contributed by atoms with van der Waals surface area (Å²) in [5, 5.41) is 0. The van der Waals surface area contributed by atoms with E-state index in [9.17, 15) is 9.59 Å². The Labute approximate surface area is 123 Å². The fourth-order valence-electron chi connectivity index (χ4n) is 1.92. The minimum Gasteiger partial charge on any atom is -0.464 e. The van der Waals surface area contributed by atoms with Crippen molar-refractivity contribution in [2.24, 2.45) is 0 Å². The molecule has 1 N–H and O–H groups in total. The molecular formula is C13H13IN2O3. The van der Waals surface area contributed by atoms with Gasteiger partial charge >= 0.3 is 11.7 Å². The third-order valence-electron chi connectivity index (χ3n) is 2.94. The van der Waals surface area contributed by atoms with Gasteiger partial charge in [0, 0.05) is 9.77 Å². The van der Waals surface area contributed by atoms with Gasteiger partial charge < -0.3 is 9.72 Å². The van der Waals surface area contributed by atoms with Gasteiger partial charge in [-0.25, -0.2) is 9.59 Å². The molecule has 0 radical (unpaired) electrons. The number of nitrogens with zero attached hydrogens (tertiary/aromatic N) is 1. The largest absolute Gasteiger partial charge is 0.464 e. The number of ether oxygens (including phenoxy) is 1. The predicted octanol–water partition coefficient (Wildman–Crippen LogP) is 2.18. The van der Waals surface area contributed by atoms with Crippen molar-refractivity contribution in [2.75, 3.05) is 7.11 Å². The van der Waals surface area contributed by atoms with Gasteiger partial charge in [0.25, 0.3) is 0 Å². The third-order valence-corrected chi connectivity index (χ3v) is 3.66. The Balaban J connectivity index is 2.46. The molecule has 19 heavy (non-hydrogen) atoms. The highest BCUT2D eigenvalue weighted by Gasteiger charge is 2.20. The first-order chi connectivity index (χ1) is 9.04. The number of esters is 1. The van der Waals surface area contributed by atoms with E-state index in [-0.39, 0.29) is 17.4 Å². The van der Waals surface area contributed by atoms with Gasteiger partial charge in [-0.05, 0) is 47.2 Å². The zero-order valence-corrected chi connectivity index (χ0v) is 12.7. The summed E-state index contributed by atoms with van der Waals surface area (Å²) >= 11 is 2.21. The second-order valence-electron chi connectivity index (χ2n) is 4.07. The number of nitrogens with one attached hydrogen (secondary N) is 1. The highest BCUT2D eigenvalue weighted by atomic mass is 127. The predicted molar refractivity (Wildman–Crippen MR) is 79.4 cm³/mol. The van der Waals surface area contributed by atoms with Crippen molar-refractivity contribution in [2.45, 2.75) is 13.0 Å². The quantitative estimate of drug-likeness (QED) is 0.664. The van der Waals surface area contributed by atoms with Crippen LogP contribution in [0.5, 0.6) is 0 Å². The summed E-state index contributed by atoms with van der Waals surface area (Å²) in [4.78, 5) is 26.0. The lowest BCUT2D eigenvalue weighted by molar-refractivity contribution is 0.0587. The molecule has 1 unspecified atom stereocenters. The van der Waals surface area contributed by atoms with Crippen LogP contribution in [0.2, 0.25) is 0 Å². The van der Waals surface area contributed by atoms with Crippen molar-refractivity contribution in [1.82, 2.24) is 9.55 Å². The number of benzene rings is 1. The van der Waals surface area contributed by atoms with Crippen molar-refractivity contribution in [3.05, 3.63) is 55.8 Å². The number of hydrogen-bond acceptors (Lipinski definition) is 3. The van der Waals surface area contributed by atoms with Crippen LogP contribution in [0.4, 0.5) is 0 Å². The van der Waals surface area contributed by atoms with Crippen molar-refractivity contribution >= 4 is 28.6 Å². The molecule has 1 aromatic carbocycles. The minimum absolute atomic E-state index is 0.221. The second-order valence-corrected chi connectivity index (χ2v) is 5.31. The smallest absolute Gasteiger partial charge is 0.356 e. The highest BCUT2D eigenvalue weighted by Crippen LogP contribution is 2.19. The molecule has 100 valence electrons. The number of methoxy groups -OCH3 is 1. The molecule has 0 aliphatic heterocycles. The molecule has 0 saturated heterocycles. The number of halogens is 1. The van der Waals surface area contributed by atoms with Crippen molar-refractivity contribution in [3.63, 3.8) is 0 Å². The van der Waals surface area contributed by atoms with E-state index in [4.69, 9.17) is 0 Å². The topological polar surface area (TPSA) is 64.1 Å². The monoisotopic (exact) mass is 372 g/mol. The van der Waals surface area contributed by atoms with E-state index in [0.717, 1.165) is 9.13 Å². The SMILES string of the molecule is COC(=O)c1c[nH]c(=O)n1C(C)c1ccc(I)cc1. The van der Waals surface area contributed by atoms with Crippen LogP contribution in [-0.2, 0) is 4.74 Å². The number of aromatic amines is 1. The Hall–Kier alpha value is -1.57. The lowest BCUT2D eigenvalue weighted by atomic mass is 10.1. The van der Waals surface area contributed by atoms with Gasteiger partial charge in [0.05, 0.1) is 13.2 Å². The number of carbonyl (C=O) groups excluding carboxylic acids is 1. The van der Waals surface area contributed by atoms with Crippen molar-refractivity contribution in [3.8, 4) is 0 Å². The van der Waals surface area contributed by atoms with Crippen molar-refractivity contribution < 1.29 is 9.53 Å². The van der Waals surface area contributed by atoms with E-state index < -0.39 is 5.97 Å². The van der Waals surface area contributed by atoms with Crippen LogP contribution >= 0.6 is 22.6 Å². The van der Waals surface area contributed by atoms with Crippen LogP contribution in [0.1, 0.15) is 29.0 Å². The zero-order valence-electron chi connectivity index (χ0n) is 10.5. The molecule has 2 rings (SSSR count). The Morgan fingerprint density at radius 3 is 2.58 bits per heavy atom. The summed E-state index contributed by atoms with van der Waals surface area (Å²) in [6, 6.07) is 7.55. The van der Waals surface area contributed by atoms with Crippen LogP contribution in [-0.4, -0.2) is 22.6 Å². The van der Waals surface area contributed by atoms with Crippen LogP contribution < -0.4 is 5.69 Å². The summed E-state index contributed by atoms with van der Waals surface area (Å²) < 4.78 is 7.19. The van der Waals surface area contributed by atoms with Crippen LogP contribution in [0, 0.1) is 3.57 Å². The standard InChI is InChI=1S/C13H13IN2O3/c1-8(9-3-5-10(14)6-4-9)16-11(12(17)19-2)7-15-13(16)18/h3-8H,1-2H3,(H,15,18). The molecule has 0 saturated carbocycles. The summed E-state index contributed by atoms with van der Waals surface area (Å²) in [6.07, 6.45) is 1.37. The Morgan fingerprint density at radius 1 is 1.37 bits per heavy atom. The summed E-state index contributed by atoms with van der Waals surface area (Å²) in [5.74, 6) is -0.532. The van der Waals surface area contributed by atoms with E-state index in [1.54, 1.807) is 0 Å². The Morgan fingerprint density at radius 2 is 2.00 bits per heavy atom. The summed E-state index contributed by atoms with van der Waals surface area (Å²) in [5.41, 5.74) is 0.845. The minimum atomic E-state index is -0.532. The van der Waals surface area contributed by atoms with Crippen LogP contribution in [0.3, 0.4) is 0 Å². The van der Waals surface area contributed by atoms with E-state index in [0.29, 0.717) is 0 Å². The maximum absolute atomic E-state index is 11.8. The molecule has 6 heteroatoms. The molecule has 5 nitrogen and oxygen atoms in total. The lowest BCUT2D eigenvalue weighted by Crippen LogP contribution is -2.25. The van der Waals surface area contributed by atoms with Gasteiger partial charge in [-0.1, -0.05) is 12.1 Å². The molecule has 1 heterocycles. The van der Waals surface area contributed by atoms with Gasteiger partial charge in [0.2, 0.25) is 0 Å². The fourth-order valence-corrected chi connectivity index (χ4v) is 2.27. The van der Waals surface area contributed by atoms with E-state index in [1.807, 2.05) is 31.2 Å². The maximum Gasteiger partial charge on any atom is 0.356 e. The van der Waals surface area contributed by atoms with Gasteiger partial charge in [-0.2, -0.15) is 0 Å². The fraction of sp³-hybridized carbons (Fsp3) is 0.231. The normalized spacial score (nSPS) is 12.2. The number of rotatable bonds is 3. The van der Waals surface area contributed by atoms with Gasteiger partial charge in [-0.15, -0.1) is 0 Å². The average Bonchev–Trinajstić information content (AvgIpc) is 2.80. The molecule has 0 amide bonds. The molecular weight excluding hydrogens is 359 g/mol. The van der Waals surface area contributed by atoms with Crippen molar-refractivity contribution in [1.29, 1.82) is 0 Å². The first kappa shape index (κ1) is 13.9. The van der Waals surface area contributed by atoms with Gasteiger partial charge in [0.15, 0.2) is 0 Å². The van der Waals surface area contributed by atoms with E-state index in [1.165, 1.54) is 17.9 Å². The molecule has 0 bridgehead atoms. The van der Waals surface area contributed by atoms with E-state index >= 15 is 0 Å². The Bertz CT molecular complexity index is 643. The first-order valence-electron chi connectivity index (χ1n) is 5.68. The average molecular weight is 372 g/mol. The first-order valence-corrected chi connectivity index (χ1v) is 6.76. The molecule has 0 spiro atoms. The lowest BCUT2D eigenvalue weighted by Gasteiger charge is -2.15. The third kappa shape index (κ3) is 2.73. The van der Waals surface area contributed by atoms with E-state index in [2.05, 4.69) is 32.3 Å². The number of aromatic nitrogens is 2. The summed E-state index contributed by atoms with van der Waals surface area (Å²) in [7, 11) is 1.29. The highest BCUT2D eigenvalue weighted by molar-refractivity contribution is 14.1. The van der Waals surface area contributed by atoms with Crippen LogP contribution in [0.15, 0.2) is 35.3 Å². The summed E-state index contributed by atoms with van der Waals surface area (Å²) in [6.45, 7) is 1.86.